The largest absolute Gasteiger partial charge is 0.393 e. The molecule has 0 bridgehead atoms. The van der Waals surface area contributed by atoms with Crippen LogP contribution < -0.4 is 0 Å². The van der Waals surface area contributed by atoms with E-state index in [1.165, 1.54) is 44.1 Å². The fourth-order valence-electron chi connectivity index (χ4n) is 8.96. The van der Waals surface area contributed by atoms with Crippen LogP contribution in [0.25, 0.3) is 0 Å². The Labute approximate surface area is 197 Å². The first kappa shape index (κ1) is 24.2. The lowest BCUT2D eigenvalue weighted by atomic mass is 9.45. The first-order valence-corrected chi connectivity index (χ1v) is 13.5. The zero-order valence-corrected chi connectivity index (χ0v) is 21.9. The van der Waals surface area contributed by atoms with Crippen LogP contribution in [0, 0.1) is 45.8 Å². The van der Waals surface area contributed by atoms with Gasteiger partial charge >= 0.3 is 0 Å². The minimum Gasteiger partial charge on any atom is -0.393 e. The monoisotopic (exact) mass is 440 g/mol. The Balaban J connectivity index is 1.63. The molecule has 4 aliphatic rings. The normalized spacial score (nSPS) is 43.5. The van der Waals surface area contributed by atoms with Crippen molar-refractivity contribution in [2.24, 2.45) is 45.8 Å². The fraction of sp³-hybridized carbons (Fsp3) is 0.833. The number of carbonyl (C=O) groups excluding carboxylic acids is 1. The summed E-state index contributed by atoms with van der Waals surface area (Å²) in [7, 11) is 0. The van der Waals surface area contributed by atoms with Gasteiger partial charge in [-0.3, -0.25) is 4.79 Å². The topological polar surface area (TPSA) is 37.3 Å². The molecule has 2 saturated carbocycles. The molecule has 0 amide bonds. The quantitative estimate of drug-likeness (QED) is 0.449. The van der Waals surface area contributed by atoms with Crippen molar-refractivity contribution in [2.45, 2.75) is 112 Å². The zero-order valence-electron chi connectivity index (χ0n) is 21.9. The maximum atomic E-state index is 12.5. The van der Waals surface area contributed by atoms with Crippen LogP contribution >= 0.6 is 0 Å². The van der Waals surface area contributed by atoms with Crippen molar-refractivity contribution < 1.29 is 9.90 Å². The van der Waals surface area contributed by atoms with Gasteiger partial charge < -0.3 is 5.11 Å². The second-order valence-corrected chi connectivity index (χ2v) is 13.1. The van der Waals surface area contributed by atoms with Gasteiger partial charge in [-0.25, -0.2) is 0 Å². The minimum atomic E-state index is -0.289. The maximum absolute atomic E-state index is 12.5. The van der Waals surface area contributed by atoms with Crippen LogP contribution in [0.15, 0.2) is 23.3 Å². The second-order valence-electron chi connectivity index (χ2n) is 13.1. The molecule has 0 aromatic heterocycles. The lowest BCUT2D eigenvalue weighted by molar-refractivity contribution is -0.130. The summed E-state index contributed by atoms with van der Waals surface area (Å²) in [5, 5.41) is 11.2. The number of fused-ring (bicyclic) bond motifs is 4. The summed E-state index contributed by atoms with van der Waals surface area (Å²) in [6.07, 6.45) is 9.57. The Hall–Kier alpha value is -0.890. The third-order valence-electron chi connectivity index (χ3n) is 11.7. The van der Waals surface area contributed by atoms with Gasteiger partial charge in [-0.05, 0) is 91.3 Å². The first-order chi connectivity index (χ1) is 14.9. The molecule has 4 aliphatic carbocycles. The molecule has 0 aliphatic heterocycles. The van der Waals surface area contributed by atoms with Gasteiger partial charge in [0.05, 0.1) is 6.10 Å². The van der Waals surface area contributed by atoms with Gasteiger partial charge in [0.25, 0.3) is 0 Å². The van der Waals surface area contributed by atoms with Crippen molar-refractivity contribution in [1.29, 1.82) is 0 Å². The van der Waals surface area contributed by atoms with Crippen LogP contribution in [-0.2, 0) is 4.79 Å². The minimum absolute atomic E-state index is 0.226. The highest BCUT2D eigenvalue weighted by Crippen LogP contribution is 2.71. The standard InChI is InChI=1S/C30H48O2/c1-18(2)19(3)17-27(32)21(5)23-11-15-30(8)25-10-9-22-20(4)26(31)13-14-28(22,6)24(25)12-16-29(23,30)7/h18,20-23,27,32H,3,9-17H2,1-2,4-8H3. The summed E-state index contributed by atoms with van der Waals surface area (Å²) in [4.78, 5) is 12.5. The molecule has 2 fully saturated rings. The van der Waals surface area contributed by atoms with E-state index >= 15 is 0 Å². The third kappa shape index (κ3) is 3.33. The van der Waals surface area contributed by atoms with E-state index in [2.05, 4.69) is 55.0 Å². The second kappa shape index (κ2) is 8.10. The smallest absolute Gasteiger partial charge is 0.136 e. The van der Waals surface area contributed by atoms with Crippen molar-refractivity contribution in [3.63, 3.8) is 0 Å². The van der Waals surface area contributed by atoms with Gasteiger partial charge in [-0.1, -0.05) is 71.8 Å². The molecule has 8 unspecified atom stereocenters. The van der Waals surface area contributed by atoms with Crippen molar-refractivity contribution in [1.82, 2.24) is 0 Å². The number of rotatable bonds is 5. The molecule has 2 nitrogen and oxygen atoms in total. The van der Waals surface area contributed by atoms with Gasteiger partial charge in [0.1, 0.15) is 5.78 Å². The summed E-state index contributed by atoms with van der Waals surface area (Å²) < 4.78 is 0. The molecule has 8 atom stereocenters. The molecule has 4 rings (SSSR count). The third-order valence-corrected chi connectivity index (χ3v) is 11.7. The number of hydrogen-bond donors (Lipinski definition) is 1. The number of Topliss-reactive ketones (excluding diaryl/α,β-unsaturated/α-hetero) is 1. The molecule has 180 valence electrons. The average Bonchev–Trinajstić information content (AvgIpc) is 3.01. The number of hydrogen-bond acceptors (Lipinski definition) is 2. The van der Waals surface area contributed by atoms with Crippen molar-refractivity contribution in [2.75, 3.05) is 0 Å². The molecular weight excluding hydrogens is 392 g/mol. The number of allylic oxidation sites excluding steroid dienone is 2. The van der Waals surface area contributed by atoms with Crippen LogP contribution in [0.2, 0.25) is 0 Å². The van der Waals surface area contributed by atoms with E-state index in [-0.39, 0.29) is 28.3 Å². The van der Waals surface area contributed by atoms with E-state index in [9.17, 15) is 9.90 Å². The Morgan fingerprint density at radius 2 is 1.72 bits per heavy atom. The molecule has 32 heavy (non-hydrogen) atoms. The molecule has 1 N–H and O–H groups in total. The van der Waals surface area contributed by atoms with E-state index in [0.717, 1.165) is 19.3 Å². The molecule has 0 aromatic carbocycles. The van der Waals surface area contributed by atoms with Crippen molar-refractivity contribution in [3.8, 4) is 0 Å². The Kier molecular flexibility index (Phi) is 6.14. The molecule has 0 spiro atoms. The maximum Gasteiger partial charge on any atom is 0.136 e. The highest BCUT2D eigenvalue weighted by molar-refractivity contribution is 5.82. The van der Waals surface area contributed by atoms with E-state index in [1.54, 1.807) is 11.1 Å². The Bertz CT molecular complexity index is 821. The molecule has 0 heterocycles. The summed E-state index contributed by atoms with van der Waals surface area (Å²) in [5.74, 6) is 2.56. The number of carbonyl (C=O) groups is 1. The number of aliphatic hydroxyl groups is 1. The summed E-state index contributed by atoms with van der Waals surface area (Å²) >= 11 is 0. The molecule has 2 heteroatoms. The average molecular weight is 441 g/mol. The van der Waals surface area contributed by atoms with E-state index < -0.39 is 0 Å². The predicted molar refractivity (Wildman–Crippen MR) is 133 cm³/mol. The van der Waals surface area contributed by atoms with Crippen molar-refractivity contribution in [3.05, 3.63) is 23.3 Å². The molecule has 0 saturated heterocycles. The Morgan fingerprint density at radius 1 is 1.03 bits per heavy atom. The lowest BCUT2D eigenvalue weighted by Gasteiger charge is -2.59. The molecular formula is C30H48O2. The highest BCUT2D eigenvalue weighted by Gasteiger charge is 2.62. The van der Waals surface area contributed by atoms with Crippen LogP contribution in [0.4, 0.5) is 0 Å². The van der Waals surface area contributed by atoms with Crippen LogP contribution in [0.3, 0.4) is 0 Å². The van der Waals surface area contributed by atoms with Gasteiger partial charge in [0.2, 0.25) is 0 Å². The zero-order chi connectivity index (χ0) is 23.6. The van der Waals surface area contributed by atoms with E-state index in [4.69, 9.17) is 0 Å². The summed E-state index contributed by atoms with van der Waals surface area (Å²) in [5.41, 5.74) is 5.41. The number of ketones is 1. The van der Waals surface area contributed by atoms with Crippen LogP contribution in [0.1, 0.15) is 106 Å². The predicted octanol–water partition coefficient (Wildman–Crippen LogP) is 7.51. The van der Waals surface area contributed by atoms with E-state index in [1.807, 2.05) is 0 Å². The van der Waals surface area contributed by atoms with E-state index in [0.29, 0.717) is 29.5 Å². The Morgan fingerprint density at radius 3 is 2.38 bits per heavy atom. The highest BCUT2D eigenvalue weighted by atomic mass is 16.3. The summed E-state index contributed by atoms with van der Waals surface area (Å²) in [6.45, 7) is 20.7. The molecule has 0 radical (unpaired) electrons. The van der Waals surface area contributed by atoms with Gasteiger partial charge in [0, 0.05) is 12.3 Å². The lowest BCUT2D eigenvalue weighted by Crippen LogP contribution is -2.51. The van der Waals surface area contributed by atoms with Gasteiger partial charge in [0.15, 0.2) is 0 Å². The number of aliphatic hydroxyl groups excluding tert-OH is 1. The first-order valence-electron chi connectivity index (χ1n) is 13.5. The van der Waals surface area contributed by atoms with Crippen LogP contribution in [0.5, 0.6) is 0 Å². The SMILES string of the molecule is C=C(CC(O)C(C)C1CCC2(C)C3=C(CCC12C)C1(C)CCC(=O)C(C)C1CC3)C(C)C. The van der Waals surface area contributed by atoms with Gasteiger partial charge in [-0.2, -0.15) is 0 Å². The fourth-order valence-corrected chi connectivity index (χ4v) is 8.96. The summed E-state index contributed by atoms with van der Waals surface area (Å²) in [6, 6.07) is 0. The van der Waals surface area contributed by atoms with Gasteiger partial charge in [-0.15, -0.1) is 0 Å². The van der Waals surface area contributed by atoms with Crippen molar-refractivity contribution >= 4 is 5.78 Å². The van der Waals surface area contributed by atoms with Crippen LogP contribution in [-0.4, -0.2) is 17.0 Å². The molecule has 0 aromatic rings.